The van der Waals surface area contributed by atoms with Crippen molar-refractivity contribution in [3.8, 4) is 5.75 Å². The second-order valence-electron chi connectivity index (χ2n) is 9.64. The fourth-order valence-corrected chi connectivity index (χ4v) is 5.61. The van der Waals surface area contributed by atoms with Crippen molar-refractivity contribution in [2.75, 3.05) is 19.6 Å². The summed E-state index contributed by atoms with van der Waals surface area (Å²) in [4.78, 5) is 14.5. The number of carboxylic acids is 1. The van der Waals surface area contributed by atoms with Gasteiger partial charge in [-0.05, 0) is 53.4 Å². The molecule has 1 aliphatic heterocycles. The molecular formula is C32H34N2O3. The van der Waals surface area contributed by atoms with Gasteiger partial charge >= 0.3 is 5.97 Å². The van der Waals surface area contributed by atoms with Gasteiger partial charge in [-0.1, -0.05) is 91.9 Å². The lowest BCUT2D eigenvalue weighted by atomic mass is 9.84. The first-order chi connectivity index (χ1) is 18.2. The second kappa shape index (κ2) is 11.6. The molecule has 0 aliphatic carbocycles. The van der Waals surface area contributed by atoms with Crippen LogP contribution in [0.2, 0.25) is 0 Å². The van der Waals surface area contributed by atoms with Gasteiger partial charge in [-0.2, -0.15) is 0 Å². The van der Waals surface area contributed by atoms with Crippen molar-refractivity contribution in [2.24, 2.45) is 0 Å². The molecule has 5 heteroatoms. The van der Waals surface area contributed by atoms with Gasteiger partial charge < -0.3 is 15.2 Å². The zero-order valence-electron chi connectivity index (χ0n) is 21.2. The molecule has 5 rings (SSSR count). The second-order valence-corrected chi connectivity index (χ2v) is 9.64. The predicted octanol–water partition coefficient (Wildman–Crippen LogP) is 6.15. The summed E-state index contributed by atoms with van der Waals surface area (Å²) in [5.74, 6) is -0.188. The van der Waals surface area contributed by atoms with Crippen LogP contribution in [0.5, 0.6) is 5.75 Å². The number of rotatable bonds is 8. The molecule has 0 saturated carbocycles. The predicted molar refractivity (Wildman–Crippen MR) is 148 cm³/mol. The maximum absolute atomic E-state index is 12.1. The Morgan fingerprint density at radius 3 is 2.27 bits per heavy atom. The monoisotopic (exact) mass is 494 g/mol. The van der Waals surface area contributed by atoms with E-state index in [0.29, 0.717) is 5.75 Å². The van der Waals surface area contributed by atoms with Crippen LogP contribution < -0.4 is 10.1 Å². The highest BCUT2D eigenvalue weighted by Gasteiger charge is 2.35. The summed E-state index contributed by atoms with van der Waals surface area (Å²) < 4.78 is 6.64. The molecule has 1 saturated heterocycles. The molecule has 2 atom stereocenters. The molecule has 1 fully saturated rings. The molecule has 0 spiro atoms. The zero-order valence-corrected chi connectivity index (χ0v) is 21.2. The Morgan fingerprint density at radius 1 is 0.973 bits per heavy atom. The smallest absolute Gasteiger partial charge is 0.336 e. The van der Waals surface area contributed by atoms with Gasteiger partial charge in [0.25, 0.3) is 0 Å². The maximum atomic E-state index is 12.1. The lowest BCUT2D eigenvalue weighted by molar-refractivity contribution is -0.00782. The highest BCUT2D eigenvalue weighted by molar-refractivity contribution is 6.04. The Balaban J connectivity index is 1.53. The molecular weight excluding hydrogens is 460 g/mol. The lowest BCUT2D eigenvalue weighted by Gasteiger charge is -2.40. The summed E-state index contributed by atoms with van der Waals surface area (Å²) in [5.41, 5.74) is 2.82. The van der Waals surface area contributed by atoms with Crippen molar-refractivity contribution in [1.82, 2.24) is 10.2 Å². The first kappa shape index (κ1) is 25.0. The van der Waals surface area contributed by atoms with Gasteiger partial charge in [-0.25, -0.2) is 4.79 Å². The Kier molecular flexibility index (Phi) is 7.83. The Hall–Kier alpha value is -3.67. The van der Waals surface area contributed by atoms with Crippen LogP contribution in [0.1, 0.15) is 47.2 Å². The molecule has 0 bridgehead atoms. The van der Waals surface area contributed by atoms with Crippen LogP contribution in [0.3, 0.4) is 0 Å². The van der Waals surface area contributed by atoms with E-state index in [4.69, 9.17) is 4.74 Å². The van der Waals surface area contributed by atoms with E-state index in [0.717, 1.165) is 43.2 Å². The third-order valence-corrected chi connectivity index (χ3v) is 7.31. The molecule has 1 aliphatic rings. The van der Waals surface area contributed by atoms with Crippen molar-refractivity contribution in [2.45, 2.75) is 38.0 Å². The number of hydrogen-bond acceptors (Lipinski definition) is 4. The molecule has 1 heterocycles. The topological polar surface area (TPSA) is 61.8 Å². The molecule has 5 nitrogen and oxygen atoms in total. The van der Waals surface area contributed by atoms with Crippen LogP contribution in [0.25, 0.3) is 10.8 Å². The maximum Gasteiger partial charge on any atom is 0.336 e. The average Bonchev–Trinajstić information content (AvgIpc) is 3.18. The number of fused-ring (bicyclic) bond motifs is 1. The number of aromatic carboxylic acids is 1. The van der Waals surface area contributed by atoms with Crippen LogP contribution >= 0.6 is 0 Å². The fraction of sp³-hybridized carbons (Fsp3) is 0.281. The van der Waals surface area contributed by atoms with Crippen LogP contribution in [-0.4, -0.2) is 47.9 Å². The Morgan fingerprint density at radius 2 is 1.62 bits per heavy atom. The molecule has 2 unspecified atom stereocenters. The van der Waals surface area contributed by atoms with E-state index in [1.807, 2.05) is 30.3 Å². The highest BCUT2D eigenvalue weighted by Crippen LogP contribution is 2.34. The normalized spacial score (nSPS) is 17.4. The molecule has 0 radical (unpaired) electrons. The lowest BCUT2D eigenvalue weighted by Crippen LogP contribution is -2.51. The van der Waals surface area contributed by atoms with E-state index in [9.17, 15) is 9.90 Å². The molecule has 4 aromatic rings. The summed E-state index contributed by atoms with van der Waals surface area (Å²) in [5, 5.41) is 15.1. The summed E-state index contributed by atoms with van der Waals surface area (Å²) in [6.07, 6.45) is 1.61. The number of ether oxygens (including phenoxy) is 1. The summed E-state index contributed by atoms with van der Waals surface area (Å²) in [7, 11) is 0. The fourth-order valence-electron chi connectivity index (χ4n) is 5.61. The minimum Gasteiger partial charge on any atom is -0.478 e. The van der Waals surface area contributed by atoms with Crippen molar-refractivity contribution in [3.63, 3.8) is 0 Å². The highest BCUT2D eigenvalue weighted by atomic mass is 16.5. The first-order valence-corrected chi connectivity index (χ1v) is 13.1. The van der Waals surface area contributed by atoms with Crippen LogP contribution in [0.4, 0.5) is 0 Å². The van der Waals surface area contributed by atoms with Gasteiger partial charge in [0, 0.05) is 25.0 Å². The number of hydrogen-bond donors (Lipinski definition) is 2. The van der Waals surface area contributed by atoms with Gasteiger partial charge in [0.05, 0.1) is 5.56 Å². The molecule has 0 aromatic heterocycles. The van der Waals surface area contributed by atoms with Crippen molar-refractivity contribution < 1.29 is 14.6 Å². The van der Waals surface area contributed by atoms with E-state index in [2.05, 4.69) is 77.8 Å². The summed E-state index contributed by atoms with van der Waals surface area (Å²) in [6, 6.07) is 32.8. The third kappa shape index (κ3) is 5.53. The van der Waals surface area contributed by atoms with Gasteiger partial charge in [0.2, 0.25) is 0 Å². The summed E-state index contributed by atoms with van der Waals surface area (Å²) in [6.45, 7) is 4.83. The van der Waals surface area contributed by atoms with Crippen LogP contribution in [-0.2, 0) is 0 Å². The quantitative estimate of drug-likeness (QED) is 0.308. The number of carboxylic acid groups (broad SMARTS) is 1. The number of benzene rings is 4. The van der Waals surface area contributed by atoms with Crippen molar-refractivity contribution in [1.29, 1.82) is 0 Å². The molecule has 37 heavy (non-hydrogen) atoms. The number of nitrogens with one attached hydrogen (secondary N) is 1. The molecule has 4 aromatic carbocycles. The largest absolute Gasteiger partial charge is 0.478 e. The summed E-state index contributed by atoms with van der Waals surface area (Å²) >= 11 is 0. The third-order valence-electron chi connectivity index (χ3n) is 7.31. The molecule has 2 N–H and O–H groups in total. The van der Waals surface area contributed by atoms with E-state index in [-0.39, 0.29) is 23.8 Å². The Bertz CT molecular complexity index is 1290. The van der Waals surface area contributed by atoms with E-state index >= 15 is 0 Å². The van der Waals surface area contributed by atoms with Crippen molar-refractivity contribution >= 4 is 16.7 Å². The standard InChI is InChI=1S/C32H34N2O3/c1-2-30(37-26-20-25-16-9-10-17-27(25)28(21-26)32(35)36)34-19-11-18-33-22-29(34)31(23-12-5-3-6-13-23)24-14-7-4-8-15-24/h3-10,12-17,20-21,29-31,33H,2,11,18-19,22H2,1H3,(H,35,36). The number of carbonyl (C=O) groups is 1. The van der Waals surface area contributed by atoms with Gasteiger partial charge in [-0.3, -0.25) is 4.90 Å². The van der Waals surface area contributed by atoms with E-state index < -0.39 is 5.97 Å². The van der Waals surface area contributed by atoms with Crippen molar-refractivity contribution in [3.05, 3.63) is 114 Å². The molecule has 190 valence electrons. The zero-order chi connectivity index (χ0) is 25.6. The van der Waals surface area contributed by atoms with E-state index in [1.54, 1.807) is 6.07 Å². The minimum absolute atomic E-state index is 0.164. The SMILES string of the molecule is CCC(Oc1cc(C(=O)O)c2ccccc2c1)N1CCCNCC1C(c1ccccc1)c1ccccc1. The van der Waals surface area contributed by atoms with Gasteiger partial charge in [-0.15, -0.1) is 0 Å². The van der Waals surface area contributed by atoms with Crippen LogP contribution in [0, 0.1) is 0 Å². The first-order valence-electron chi connectivity index (χ1n) is 13.1. The van der Waals surface area contributed by atoms with Gasteiger partial charge in [0.1, 0.15) is 5.75 Å². The van der Waals surface area contributed by atoms with E-state index in [1.165, 1.54) is 11.1 Å². The number of nitrogens with zero attached hydrogens (tertiary/aromatic N) is 1. The Labute approximate surface area is 218 Å². The van der Waals surface area contributed by atoms with Gasteiger partial charge in [0.15, 0.2) is 6.23 Å². The van der Waals surface area contributed by atoms with Crippen LogP contribution in [0.15, 0.2) is 97.1 Å². The molecule has 0 amide bonds. The minimum atomic E-state index is -0.945. The average molecular weight is 495 g/mol.